The number of benzene rings is 1. The van der Waals surface area contributed by atoms with Crippen LogP contribution < -0.4 is 5.32 Å². The third kappa shape index (κ3) is 5.07. The maximum Gasteiger partial charge on any atom is 0.224 e. The van der Waals surface area contributed by atoms with Crippen molar-refractivity contribution in [1.82, 2.24) is 29.5 Å². The van der Waals surface area contributed by atoms with Gasteiger partial charge in [-0.05, 0) is 38.0 Å². The van der Waals surface area contributed by atoms with Gasteiger partial charge in [0.25, 0.3) is 0 Å². The van der Waals surface area contributed by atoms with Gasteiger partial charge in [-0.25, -0.2) is 9.37 Å². The van der Waals surface area contributed by atoms with Gasteiger partial charge >= 0.3 is 0 Å². The van der Waals surface area contributed by atoms with Crippen LogP contribution in [0, 0.1) is 18.7 Å². The van der Waals surface area contributed by atoms with Gasteiger partial charge in [0.1, 0.15) is 11.6 Å². The smallest absolute Gasteiger partial charge is 0.224 e. The Morgan fingerprint density at radius 3 is 2.72 bits per heavy atom. The second-order valence-corrected chi connectivity index (χ2v) is 8.71. The molecule has 1 aliphatic rings. The summed E-state index contributed by atoms with van der Waals surface area (Å²) in [6.45, 7) is 7.11. The average Bonchev–Trinajstić information content (AvgIpc) is 3.35. The van der Waals surface area contributed by atoms with E-state index in [4.69, 9.17) is 0 Å². The van der Waals surface area contributed by atoms with Crippen molar-refractivity contribution in [1.29, 1.82) is 0 Å². The Hall–Kier alpha value is -3.00. The molecule has 1 saturated heterocycles. The maximum absolute atomic E-state index is 14.1. The highest BCUT2D eigenvalue weighted by Gasteiger charge is 2.24. The van der Waals surface area contributed by atoms with Crippen molar-refractivity contribution in [2.24, 2.45) is 13.0 Å². The average molecular weight is 439 g/mol. The third-order valence-corrected chi connectivity index (χ3v) is 6.29. The van der Waals surface area contributed by atoms with E-state index in [1.54, 1.807) is 18.3 Å². The Morgan fingerprint density at radius 1 is 1.28 bits per heavy atom. The fraction of sp³-hybridized carbons (Fsp3) is 0.458. The molecule has 0 saturated carbocycles. The lowest BCUT2D eigenvalue weighted by Crippen LogP contribution is -2.46. The lowest BCUT2D eigenvalue weighted by molar-refractivity contribution is -0.125. The third-order valence-electron chi connectivity index (χ3n) is 6.29. The number of likely N-dealkylation sites (tertiary alicyclic amines) is 1. The van der Waals surface area contributed by atoms with Crippen LogP contribution in [-0.2, 0) is 24.9 Å². The molecular weight excluding hydrogens is 407 g/mol. The van der Waals surface area contributed by atoms with Gasteiger partial charge < -0.3 is 9.88 Å². The van der Waals surface area contributed by atoms with Gasteiger partial charge in [0.15, 0.2) is 0 Å². The molecule has 1 amide bonds. The predicted octanol–water partition coefficient (Wildman–Crippen LogP) is 3.15. The summed E-state index contributed by atoms with van der Waals surface area (Å²) in [4.78, 5) is 19.2. The highest BCUT2D eigenvalue weighted by Crippen LogP contribution is 2.23. The number of halogens is 1. The first-order valence-corrected chi connectivity index (χ1v) is 11.2. The fourth-order valence-corrected chi connectivity index (χ4v) is 4.24. The topological polar surface area (TPSA) is 68.0 Å². The van der Waals surface area contributed by atoms with E-state index in [2.05, 4.69) is 20.3 Å². The van der Waals surface area contributed by atoms with Crippen LogP contribution in [0.25, 0.3) is 11.3 Å². The number of carbonyl (C=O) groups excluding carboxylic acids is 1. The molecule has 0 aliphatic carbocycles. The summed E-state index contributed by atoms with van der Waals surface area (Å²) >= 11 is 0. The van der Waals surface area contributed by atoms with E-state index in [0.717, 1.165) is 44.0 Å². The molecule has 7 nitrogen and oxygen atoms in total. The molecule has 4 rings (SSSR count). The molecule has 0 radical (unpaired) electrons. The number of nitrogens with zero attached hydrogens (tertiary/aromatic N) is 5. The molecule has 1 fully saturated rings. The zero-order valence-corrected chi connectivity index (χ0v) is 19.0. The van der Waals surface area contributed by atoms with Crippen molar-refractivity contribution >= 4 is 5.91 Å². The Bertz CT molecular complexity index is 1070. The second kappa shape index (κ2) is 9.65. The number of amides is 1. The van der Waals surface area contributed by atoms with Crippen molar-refractivity contribution < 1.29 is 9.18 Å². The zero-order chi connectivity index (χ0) is 22.7. The quantitative estimate of drug-likeness (QED) is 0.615. The Balaban J connectivity index is 1.28. The first-order valence-electron chi connectivity index (χ1n) is 11.2. The summed E-state index contributed by atoms with van der Waals surface area (Å²) in [6.07, 6.45) is 5.51. The molecule has 8 heteroatoms. The Morgan fingerprint density at radius 2 is 2.03 bits per heavy atom. The highest BCUT2D eigenvalue weighted by molar-refractivity contribution is 5.78. The number of aromatic nitrogens is 4. The van der Waals surface area contributed by atoms with Gasteiger partial charge in [0, 0.05) is 57.2 Å². The molecule has 3 heterocycles. The number of imidazole rings is 1. The first-order chi connectivity index (χ1) is 15.4. The number of hydrogen-bond donors (Lipinski definition) is 1. The van der Waals surface area contributed by atoms with Crippen LogP contribution in [0.4, 0.5) is 4.39 Å². The van der Waals surface area contributed by atoms with Crippen molar-refractivity contribution in [3.05, 3.63) is 60.1 Å². The number of hydrogen-bond acceptors (Lipinski definition) is 4. The minimum Gasteiger partial charge on any atom is -0.353 e. The van der Waals surface area contributed by atoms with E-state index in [1.807, 2.05) is 48.5 Å². The van der Waals surface area contributed by atoms with Crippen molar-refractivity contribution in [3.8, 4) is 11.3 Å². The Labute approximate surface area is 188 Å². The van der Waals surface area contributed by atoms with Crippen LogP contribution in [0.1, 0.15) is 31.3 Å². The summed E-state index contributed by atoms with van der Waals surface area (Å²) in [5.74, 6) is 0.655. The van der Waals surface area contributed by atoms with Crippen LogP contribution >= 0.6 is 0 Å². The molecule has 0 spiro atoms. The van der Waals surface area contributed by atoms with Crippen LogP contribution in [0.3, 0.4) is 0 Å². The van der Waals surface area contributed by atoms with E-state index in [9.17, 15) is 9.18 Å². The summed E-state index contributed by atoms with van der Waals surface area (Å²) in [6, 6.07) is 8.89. The van der Waals surface area contributed by atoms with Crippen LogP contribution in [0.15, 0.2) is 42.7 Å². The van der Waals surface area contributed by atoms with E-state index >= 15 is 0 Å². The minimum absolute atomic E-state index is 0.0951. The van der Waals surface area contributed by atoms with E-state index < -0.39 is 0 Å². The van der Waals surface area contributed by atoms with Gasteiger partial charge in [0.05, 0.1) is 17.3 Å². The molecule has 1 N–H and O–H groups in total. The standard InChI is InChI=1S/C24H31FN6O/c1-17(15-31-13-10-26-18(31)2)24(32)27-19-8-11-30(12-9-19)16-20-14-23(28-29(20)3)21-6-4-5-7-22(21)25/h4-7,10,13-14,17,19H,8-9,11-12,15-16H2,1-3H3,(H,27,32)/t17-/m1/s1. The van der Waals surface area contributed by atoms with Gasteiger partial charge in [-0.15, -0.1) is 0 Å². The summed E-state index contributed by atoms with van der Waals surface area (Å²) in [5, 5.41) is 7.72. The number of piperidine rings is 1. The van der Waals surface area contributed by atoms with Crippen LogP contribution in [0.2, 0.25) is 0 Å². The molecule has 32 heavy (non-hydrogen) atoms. The van der Waals surface area contributed by atoms with Crippen LogP contribution in [-0.4, -0.2) is 49.3 Å². The molecule has 170 valence electrons. The van der Waals surface area contributed by atoms with Gasteiger partial charge in [0.2, 0.25) is 5.91 Å². The van der Waals surface area contributed by atoms with Gasteiger partial charge in [-0.2, -0.15) is 5.10 Å². The number of aryl methyl sites for hydroxylation is 2. The van der Waals surface area contributed by atoms with Crippen molar-refractivity contribution in [2.45, 2.75) is 45.8 Å². The lowest BCUT2D eigenvalue weighted by atomic mass is 10.0. The molecule has 1 aromatic carbocycles. The Kier molecular flexibility index (Phi) is 6.69. The number of nitrogens with one attached hydrogen (secondary N) is 1. The molecule has 1 atom stereocenters. The maximum atomic E-state index is 14.1. The SMILES string of the molecule is Cc1nccn1C[C@@H](C)C(=O)NC1CCN(Cc2cc(-c3ccccc3F)nn2C)CC1. The predicted molar refractivity (Wildman–Crippen MR) is 121 cm³/mol. The van der Waals surface area contributed by atoms with Gasteiger partial charge in [-0.3, -0.25) is 14.4 Å². The van der Waals surface area contributed by atoms with Crippen molar-refractivity contribution in [3.63, 3.8) is 0 Å². The molecule has 3 aromatic rings. The number of carbonyl (C=O) groups is 1. The highest BCUT2D eigenvalue weighted by atomic mass is 19.1. The monoisotopic (exact) mass is 438 g/mol. The van der Waals surface area contributed by atoms with Gasteiger partial charge in [-0.1, -0.05) is 19.1 Å². The molecule has 0 bridgehead atoms. The molecule has 1 aliphatic heterocycles. The molecular formula is C24H31FN6O. The molecule has 0 unspecified atom stereocenters. The van der Waals surface area contributed by atoms with Crippen LogP contribution in [0.5, 0.6) is 0 Å². The van der Waals surface area contributed by atoms with E-state index in [0.29, 0.717) is 17.8 Å². The summed E-state index contributed by atoms with van der Waals surface area (Å²) in [5.41, 5.74) is 2.23. The summed E-state index contributed by atoms with van der Waals surface area (Å²) in [7, 11) is 1.90. The number of rotatable bonds is 7. The molecule has 2 aromatic heterocycles. The summed E-state index contributed by atoms with van der Waals surface area (Å²) < 4.78 is 17.9. The van der Waals surface area contributed by atoms with E-state index in [1.165, 1.54) is 6.07 Å². The largest absolute Gasteiger partial charge is 0.353 e. The van der Waals surface area contributed by atoms with E-state index in [-0.39, 0.29) is 23.7 Å². The minimum atomic E-state index is -0.258. The fourth-order valence-electron chi connectivity index (χ4n) is 4.24. The van der Waals surface area contributed by atoms with Crippen molar-refractivity contribution in [2.75, 3.05) is 13.1 Å². The zero-order valence-electron chi connectivity index (χ0n) is 19.0. The normalized spacial score (nSPS) is 16.2. The lowest BCUT2D eigenvalue weighted by Gasteiger charge is -2.32. The second-order valence-electron chi connectivity index (χ2n) is 8.71. The first kappa shape index (κ1) is 22.2.